The van der Waals surface area contributed by atoms with Gasteiger partial charge in [-0.15, -0.1) is 0 Å². The van der Waals surface area contributed by atoms with Gasteiger partial charge >= 0.3 is 0 Å². The maximum Gasteiger partial charge on any atom is 0.258 e. The third-order valence-corrected chi connectivity index (χ3v) is 3.14. The summed E-state index contributed by atoms with van der Waals surface area (Å²) >= 11 is 0. The molecule has 96 valence electrons. The normalized spacial score (nSPS) is 14.5. The SMILES string of the molecule is O=C1c2ccncc2OCCN1Cc1ccccc1. The highest BCUT2D eigenvalue weighted by Gasteiger charge is 2.23. The zero-order chi connectivity index (χ0) is 13.1. The molecule has 4 nitrogen and oxygen atoms in total. The van der Waals surface area contributed by atoms with Gasteiger partial charge < -0.3 is 9.64 Å². The molecule has 0 spiro atoms. The Morgan fingerprint density at radius 1 is 1.21 bits per heavy atom. The number of benzene rings is 1. The predicted molar refractivity (Wildman–Crippen MR) is 70.9 cm³/mol. The van der Waals surface area contributed by atoms with Crippen LogP contribution in [0.25, 0.3) is 0 Å². The van der Waals surface area contributed by atoms with Gasteiger partial charge in [0.25, 0.3) is 5.91 Å². The van der Waals surface area contributed by atoms with Crippen LogP contribution < -0.4 is 4.74 Å². The summed E-state index contributed by atoms with van der Waals surface area (Å²) in [5, 5.41) is 0. The van der Waals surface area contributed by atoms with Crippen LogP contribution in [-0.2, 0) is 6.54 Å². The van der Waals surface area contributed by atoms with Crippen molar-refractivity contribution < 1.29 is 9.53 Å². The Labute approximate surface area is 111 Å². The topological polar surface area (TPSA) is 42.4 Å². The van der Waals surface area contributed by atoms with E-state index in [-0.39, 0.29) is 5.91 Å². The molecule has 19 heavy (non-hydrogen) atoms. The second kappa shape index (κ2) is 5.10. The van der Waals surface area contributed by atoms with Crippen molar-refractivity contribution in [2.75, 3.05) is 13.2 Å². The van der Waals surface area contributed by atoms with Crippen LogP contribution in [0.5, 0.6) is 5.75 Å². The van der Waals surface area contributed by atoms with E-state index in [4.69, 9.17) is 4.74 Å². The van der Waals surface area contributed by atoms with Gasteiger partial charge in [0.15, 0.2) is 0 Å². The van der Waals surface area contributed by atoms with Crippen LogP contribution in [0.1, 0.15) is 15.9 Å². The monoisotopic (exact) mass is 254 g/mol. The average molecular weight is 254 g/mol. The van der Waals surface area contributed by atoms with E-state index in [9.17, 15) is 4.79 Å². The van der Waals surface area contributed by atoms with Crippen LogP contribution in [0.3, 0.4) is 0 Å². The summed E-state index contributed by atoms with van der Waals surface area (Å²) in [6, 6.07) is 11.7. The van der Waals surface area contributed by atoms with Crippen molar-refractivity contribution in [3.8, 4) is 5.75 Å². The molecular weight excluding hydrogens is 240 g/mol. The lowest BCUT2D eigenvalue weighted by atomic mass is 10.2. The molecule has 0 atom stereocenters. The molecule has 1 amide bonds. The highest BCUT2D eigenvalue weighted by atomic mass is 16.5. The van der Waals surface area contributed by atoms with E-state index < -0.39 is 0 Å². The number of pyridine rings is 1. The van der Waals surface area contributed by atoms with E-state index in [1.165, 1.54) is 0 Å². The summed E-state index contributed by atoms with van der Waals surface area (Å²) in [5.41, 5.74) is 1.71. The maximum atomic E-state index is 12.5. The Hall–Kier alpha value is -2.36. The van der Waals surface area contributed by atoms with Gasteiger partial charge in [-0.05, 0) is 11.6 Å². The van der Waals surface area contributed by atoms with E-state index in [0.717, 1.165) is 5.56 Å². The average Bonchev–Trinajstić information content (AvgIpc) is 2.61. The first-order valence-corrected chi connectivity index (χ1v) is 6.24. The third-order valence-electron chi connectivity index (χ3n) is 3.14. The first kappa shape index (κ1) is 11.7. The Morgan fingerprint density at radius 2 is 2.05 bits per heavy atom. The zero-order valence-corrected chi connectivity index (χ0v) is 10.5. The fraction of sp³-hybridized carbons (Fsp3) is 0.200. The van der Waals surface area contributed by atoms with E-state index in [1.54, 1.807) is 23.4 Å². The molecular formula is C15H14N2O2. The number of aromatic nitrogens is 1. The Balaban J connectivity index is 1.86. The Bertz CT molecular complexity index is 584. The molecule has 0 fully saturated rings. The number of ether oxygens (including phenoxy) is 1. The largest absolute Gasteiger partial charge is 0.489 e. The fourth-order valence-corrected chi connectivity index (χ4v) is 2.16. The molecule has 0 unspecified atom stereocenters. The van der Waals surface area contributed by atoms with Crippen molar-refractivity contribution in [3.63, 3.8) is 0 Å². The predicted octanol–water partition coefficient (Wildman–Crippen LogP) is 2.12. The summed E-state index contributed by atoms with van der Waals surface area (Å²) < 4.78 is 5.56. The quantitative estimate of drug-likeness (QED) is 0.824. The summed E-state index contributed by atoms with van der Waals surface area (Å²) in [4.78, 5) is 18.3. The van der Waals surface area contributed by atoms with Crippen molar-refractivity contribution in [1.29, 1.82) is 0 Å². The fourth-order valence-electron chi connectivity index (χ4n) is 2.16. The number of fused-ring (bicyclic) bond motifs is 1. The van der Waals surface area contributed by atoms with Crippen molar-refractivity contribution in [2.24, 2.45) is 0 Å². The van der Waals surface area contributed by atoms with Gasteiger partial charge in [-0.25, -0.2) is 0 Å². The van der Waals surface area contributed by atoms with Crippen molar-refractivity contribution in [2.45, 2.75) is 6.54 Å². The molecule has 1 aliphatic rings. The smallest absolute Gasteiger partial charge is 0.258 e. The zero-order valence-electron chi connectivity index (χ0n) is 10.5. The van der Waals surface area contributed by atoms with E-state index >= 15 is 0 Å². The summed E-state index contributed by atoms with van der Waals surface area (Å²) in [7, 11) is 0. The van der Waals surface area contributed by atoms with Crippen LogP contribution in [0.2, 0.25) is 0 Å². The van der Waals surface area contributed by atoms with Crippen LogP contribution in [0.4, 0.5) is 0 Å². The highest BCUT2D eigenvalue weighted by Crippen LogP contribution is 2.22. The summed E-state index contributed by atoms with van der Waals surface area (Å²) in [6.45, 7) is 1.68. The van der Waals surface area contributed by atoms with E-state index in [2.05, 4.69) is 4.98 Å². The number of nitrogens with zero attached hydrogens (tertiary/aromatic N) is 2. The number of carbonyl (C=O) groups is 1. The lowest BCUT2D eigenvalue weighted by Crippen LogP contribution is -2.31. The molecule has 0 bridgehead atoms. The van der Waals surface area contributed by atoms with Crippen LogP contribution in [0, 0.1) is 0 Å². The number of hydrogen-bond donors (Lipinski definition) is 0. The van der Waals surface area contributed by atoms with Crippen LogP contribution in [0.15, 0.2) is 48.8 Å². The van der Waals surface area contributed by atoms with E-state index in [0.29, 0.717) is 31.0 Å². The number of carbonyl (C=O) groups excluding carboxylic acids is 1. The molecule has 0 N–H and O–H groups in total. The van der Waals surface area contributed by atoms with Gasteiger partial charge in [-0.1, -0.05) is 30.3 Å². The van der Waals surface area contributed by atoms with Gasteiger partial charge in [-0.3, -0.25) is 9.78 Å². The minimum Gasteiger partial charge on any atom is -0.489 e. The van der Waals surface area contributed by atoms with Crippen molar-refractivity contribution in [1.82, 2.24) is 9.88 Å². The second-order valence-electron chi connectivity index (χ2n) is 4.43. The molecule has 2 aromatic rings. The number of hydrogen-bond acceptors (Lipinski definition) is 3. The van der Waals surface area contributed by atoms with Gasteiger partial charge in [0.2, 0.25) is 0 Å². The minimum atomic E-state index is -0.00115. The maximum absolute atomic E-state index is 12.5. The van der Waals surface area contributed by atoms with Crippen LogP contribution in [-0.4, -0.2) is 28.9 Å². The first-order chi connectivity index (χ1) is 9.34. The molecule has 0 saturated carbocycles. The van der Waals surface area contributed by atoms with Crippen LogP contribution >= 0.6 is 0 Å². The Morgan fingerprint density at radius 3 is 2.89 bits per heavy atom. The van der Waals surface area contributed by atoms with Gasteiger partial charge in [-0.2, -0.15) is 0 Å². The summed E-state index contributed by atoms with van der Waals surface area (Å²) in [6.07, 6.45) is 3.21. The third kappa shape index (κ3) is 2.42. The van der Waals surface area contributed by atoms with Gasteiger partial charge in [0, 0.05) is 12.7 Å². The Kier molecular flexibility index (Phi) is 3.14. The molecule has 1 aromatic carbocycles. The number of rotatable bonds is 2. The van der Waals surface area contributed by atoms with Gasteiger partial charge in [0.1, 0.15) is 12.4 Å². The van der Waals surface area contributed by atoms with Gasteiger partial charge in [0.05, 0.1) is 18.3 Å². The van der Waals surface area contributed by atoms with E-state index in [1.807, 2.05) is 30.3 Å². The molecule has 1 aliphatic heterocycles. The molecule has 4 heteroatoms. The first-order valence-electron chi connectivity index (χ1n) is 6.24. The lowest BCUT2D eigenvalue weighted by molar-refractivity contribution is 0.0743. The van der Waals surface area contributed by atoms with Crippen molar-refractivity contribution in [3.05, 3.63) is 59.9 Å². The summed E-state index contributed by atoms with van der Waals surface area (Å²) in [5.74, 6) is 0.571. The molecule has 1 aromatic heterocycles. The second-order valence-corrected chi connectivity index (χ2v) is 4.43. The highest BCUT2D eigenvalue weighted by molar-refractivity contribution is 5.97. The lowest BCUT2D eigenvalue weighted by Gasteiger charge is -2.19. The number of amides is 1. The molecule has 3 rings (SSSR count). The molecule has 0 radical (unpaired) electrons. The minimum absolute atomic E-state index is 0.00115. The molecule has 0 aliphatic carbocycles. The van der Waals surface area contributed by atoms with Crippen molar-refractivity contribution >= 4 is 5.91 Å². The standard InChI is InChI=1S/C15H14N2O2/c18-15-13-6-7-16-10-14(13)19-9-8-17(15)11-12-4-2-1-3-5-12/h1-7,10H,8-9,11H2. The molecule has 2 heterocycles. The molecule has 0 saturated heterocycles.